The Bertz CT molecular complexity index is 1060. The highest BCUT2D eigenvalue weighted by Crippen LogP contribution is 2.19. The molecule has 4 rings (SSSR count). The largest absolute Gasteiger partial charge is 0.361 e. The first-order valence-electron chi connectivity index (χ1n) is 8.31. The number of benzene rings is 1. The van der Waals surface area contributed by atoms with Gasteiger partial charge in [-0.3, -0.25) is 19.4 Å². The van der Waals surface area contributed by atoms with E-state index in [1.807, 2.05) is 43.7 Å². The van der Waals surface area contributed by atoms with Crippen molar-refractivity contribution >= 4 is 16.8 Å². The van der Waals surface area contributed by atoms with Crippen molar-refractivity contribution in [1.82, 2.24) is 30.0 Å². The monoisotopic (exact) mass is 346 g/mol. The highest BCUT2D eigenvalue weighted by molar-refractivity contribution is 5.88. The number of aromatic nitrogens is 5. The molecular weight excluding hydrogens is 328 g/mol. The number of hydrogen-bond acceptors (Lipinski definition) is 4. The fraction of sp³-hybridized carbons (Fsp3) is 0.158. The van der Waals surface area contributed by atoms with Crippen molar-refractivity contribution in [3.63, 3.8) is 0 Å². The Morgan fingerprint density at radius 3 is 2.92 bits per heavy atom. The van der Waals surface area contributed by atoms with E-state index in [0.29, 0.717) is 18.7 Å². The van der Waals surface area contributed by atoms with Crippen molar-refractivity contribution in [2.45, 2.75) is 13.0 Å². The van der Waals surface area contributed by atoms with Crippen LogP contribution in [0.15, 0.2) is 55.2 Å². The molecule has 0 unspecified atom stereocenters. The predicted molar refractivity (Wildman–Crippen MR) is 98.1 cm³/mol. The molecule has 3 aromatic heterocycles. The van der Waals surface area contributed by atoms with E-state index in [1.165, 1.54) is 0 Å². The number of nitrogens with zero attached hydrogens (tertiary/aromatic N) is 4. The summed E-state index contributed by atoms with van der Waals surface area (Å²) in [5.41, 5.74) is 4.33. The molecule has 0 aliphatic heterocycles. The number of carbonyl (C=O) groups excluding carboxylic acids is 1. The van der Waals surface area contributed by atoms with Gasteiger partial charge in [-0.05, 0) is 11.6 Å². The standard InChI is InChI=1S/C19H18N6O/c1-25-12-14(10-24-25)19-17(20-6-7-21-19)11-23-18(26)8-13-9-22-16-5-3-2-4-15(13)16/h2-7,9-10,12,22H,8,11H2,1H3,(H,23,26). The van der Waals surface area contributed by atoms with Gasteiger partial charge in [0.15, 0.2) is 0 Å². The van der Waals surface area contributed by atoms with Crippen LogP contribution in [-0.2, 0) is 24.8 Å². The van der Waals surface area contributed by atoms with Crippen LogP contribution >= 0.6 is 0 Å². The van der Waals surface area contributed by atoms with Crippen molar-refractivity contribution in [1.29, 1.82) is 0 Å². The average molecular weight is 346 g/mol. The summed E-state index contributed by atoms with van der Waals surface area (Å²) in [6.45, 7) is 0.319. The minimum Gasteiger partial charge on any atom is -0.361 e. The number of aromatic amines is 1. The van der Waals surface area contributed by atoms with Gasteiger partial charge >= 0.3 is 0 Å². The van der Waals surface area contributed by atoms with Crippen molar-refractivity contribution in [2.75, 3.05) is 0 Å². The van der Waals surface area contributed by atoms with E-state index < -0.39 is 0 Å². The zero-order valence-electron chi connectivity index (χ0n) is 14.3. The highest BCUT2D eigenvalue weighted by atomic mass is 16.1. The summed E-state index contributed by atoms with van der Waals surface area (Å²) in [4.78, 5) is 24.3. The molecule has 0 aliphatic rings. The number of H-pyrrole nitrogens is 1. The lowest BCUT2D eigenvalue weighted by molar-refractivity contribution is -0.120. The van der Waals surface area contributed by atoms with Crippen LogP contribution in [0.5, 0.6) is 0 Å². The van der Waals surface area contributed by atoms with Crippen LogP contribution in [0.3, 0.4) is 0 Å². The van der Waals surface area contributed by atoms with Crippen molar-refractivity contribution < 1.29 is 4.79 Å². The van der Waals surface area contributed by atoms with Gasteiger partial charge in [-0.1, -0.05) is 18.2 Å². The number of para-hydroxylation sites is 1. The zero-order chi connectivity index (χ0) is 17.9. The number of amides is 1. The molecule has 1 aromatic carbocycles. The number of nitrogens with one attached hydrogen (secondary N) is 2. The fourth-order valence-electron chi connectivity index (χ4n) is 2.98. The van der Waals surface area contributed by atoms with Crippen molar-refractivity contribution in [3.05, 3.63) is 66.5 Å². The third kappa shape index (κ3) is 3.19. The van der Waals surface area contributed by atoms with Gasteiger partial charge in [0, 0.05) is 48.3 Å². The minimum atomic E-state index is -0.0578. The molecule has 7 heteroatoms. The number of fused-ring (bicyclic) bond motifs is 1. The van der Waals surface area contributed by atoms with Gasteiger partial charge in [0.05, 0.1) is 30.6 Å². The van der Waals surface area contributed by atoms with E-state index in [9.17, 15) is 4.79 Å². The van der Waals surface area contributed by atoms with Crippen LogP contribution in [-0.4, -0.2) is 30.6 Å². The maximum absolute atomic E-state index is 12.4. The molecule has 0 spiro atoms. The average Bonchev–Trinajstić information content (AvgIpc) is 3.27. The molecule has 3 heterocycles. The van der Waals surface area contributed by atoms with E-state index in [4.69, 9.17) is 0 Å². The van der Waals surface area contributed by atoms with Crippen LogP contribution in [0, 0.1) is 0 Å². The second-order valence-corrected chi connectivity index (χ2v) is 6.07. The molecular formula is C19H18N6O. The molecule has 2 N–H and O–H groups in total. The Hall–Kier alpha value is -3.48. The Morgan fingerprint density at radius 2 is 2.08 bits per heavy atom. The lowest BCUT2D eigenvalue weighted by atomic mass is 10.1. The van der Waals surface area contributed by atoms with Gasteiger partial charge in [0.2, 0.25) is 5.91 Å². The first-order valence-corrected chi connectivity index (χ1v) is 8.31. The molecule has 0 bridgehead atoms. The van der Waals surface area contributed by atoms with E-state index in [-0.39, 0.29) is 5.91 Å². The van der Waals surface area contributed by atoms with E-state index in [0.717, 1.165) is 27.7 Å². The van der Waals surface area contributed by atoms with Gasteiger partial charge < -0.3 is 10.3 Å². The summed E-state index contributed by atoms with van der Waals surface area (Å²) >= 11 is 0. The second-order valence-electron chi connectivity index (χ2n) is 6.07. The van der Waals surface area contributed by atoms with E-state index in [2.05, 4.69) is 25.4 Å². The van der Waals surface area contributed by atoms with Crippen molar-refractivity contribution in [3.8, 4) is 11.3 Å². The lowest BCUT2D eigenvalue weighted by Crippen LogP contribution is -2.25. The van der Waals surface area contributed by atoms with Crippen LogP contribution < -0.4 is 5.32 Å². The highest BCUT2D eigenvalue weighted by Gasteiger charge is 2.12. The second kappa shape index (κ2) is 6.79. The van der Waals surface area contributed by atoms with Gasteiger partial charge in [0.25, 0.3) is 0 Å². The molecule has 0 atom stereocenters. The lowest BCUT2D eigenvalue weighted by Gasteiger charge is -2.07. The topological polar surface area (TPSA) is 88.5 Å². The number of aryl methyl sites for hydroxylation is 1. The fourth-order valence-corrected chi connectivity index (χ4v) is 2.98. The molecule has 1 amide bonds. The molecule has 7 nitrogen and oxygen atoms in total. The smallest absolute Gasteiger partial charge is 0.224 e. The first-order chi connectivity index (χ1) is 12.7. The summed E-state index contributed by atoms with van der Waals surface area (Å²) in [5.74, 6) is -0.0578. The van der Waals surface area contributed by atoms with Crippen LogP contribution in [0.1, 0.15) is 11.3 Å². The first kappa shape index (κ1) is 16.0. The molecule has 130 valence electrons. The number of rotatable bonds is 5. The van der Waals surface area contributed by atoms with Gasteiger partial charge in [-0.2, -0.15) is 5.10 Å². The number of carbonyl (C=O) groups is 1. The zero-order valence-corrected chi connectivity index (χ0v) is 14.3. The molecule has 0 radical (unpaired) electrons. The normalized spacial score (nSPS) is 11.0. The Labute approximate surface area is 150 Å². The molecule has 0 fully saturated rings. The maximum Gasteiger partial charge on any atom is 0.224 e. The summed E-state index contributed by atoms with van der Waals surface area (Å²) in [5, 5.41) is 8.17. The predicted octanol–water partition coefficient (Wildman–Crippen LogP) is 2.22. The van der Waals surface area contributed by atoms with Crippen LogP contribution in [0.2, 0.25) is 0 Å². The number of hydrogen-bond donors (Lipinski definition) is 2. The van der Waals surface area contributed by atoms with Crippen molar-refractivity contribution in [2.24, 2.45) is 7.05 Å². The molecule has 0 saturated carbocycles. The minimum absolute atomic E-state index is 0.0578. The summed E-state index contributed by atoms with van der Waals surface area (Å²) in [7, 11) is 1.85. The molecule has 0 saturated heterocycles. The van der Waals surface area contributed by atoms with E-state index >= 15 is 0 Å². The summed E-state index contributed by atoms with van der Waals surface area (Å²) < 4.78 is 1.71. The van der Waals surface area contributed by atoms with Gasteiger partial charge in [0.1, 0.15) is 0 Å². The third-order valence-corrected chi connectivity index (χ3v) is 4.23. The van der Waals surface area contributed by atoms with Crippen LogP contribution in [0.25, 0.3) is 22.2 Å². The van der Waals surface area contributed by atoms with E-state index in [1.54, 1.807) is 23.3 Å². The molecule has 4 aromatic rings. The van der Waals surface area contributed by atoms with Crippen LogP contribution in [0.4, 0.5) is 0 Å². The van der Waals surface area contributed by atoms with Gasteiger partial charge in [-0.15, -0.1) is 0 Å². The quantitative estimate of drug-likeness (QED) is 0.580. The molecule has 26 heavy (non-hydrogen) atoms. The Morgan fingerprint density at radius 1 is 1.23 bits per heavy atom. The summed E-state index contributed by atoms with van der Waals surface area (Å²) in [6, 6.07) is 7.95. The summed E-state index contributed by atoms with van der Waals surface area (Å²) in [6.07, 6.45) is 9.07. The Kier molecular flexibility index (Phi) is 4.18. The van der Waals surface area contributed by atoms with Gasteiger partial charge in [-0.25, -0.2) is 0 Å². The maximum atomic E-state index is 12.4. The SMILES string of the molecule is Cn1cc(-c2nccnc2CNC(=O)Cc2c[nH]c3ccccc23)cn1. The Balaban J connectivity index is 1.47. The third-order valence-electron chi connectivity index (χ3n) is 4.23. The molecule has 0 aliphatic carbocycles.